The van der Waals surface area contributed by atoms with Crippen LogP contribution in [0.15, 0.2) is 18.2 Å². The highest BCUT2D eigenvalue weighted by Gasteiger charge is 2.28. The van der Waals surface area contributed by atoms with Crippen molar-refractivity contribution in [2.45, 2.75) is 44.9 Å². The molecule has 2 aliphatic rings. The van der Waals surface area contributed by atoms with Gasteiger partial charge in [-0.05, 0) is 43.4 Å². The highest BCUT2D eigenvalue weighted by molar-refractivity contribution is 5.56. The smallest absolute Gasteiger partial charge is 0.0604 e. The zero-order valence-electron chi connectivity index (χ0n) is 11.0. The lowest BCUT2D eigenvalue weighted by atomic mass is 9.89. The van der Waals surface area contributed by atoms with Crippen LogP contribution in [0.3, 0.4) is 0 Å². The number of benzene rings is 1. The minimum atomic E-state index is 0.495. The average molecular weight is 246 g/mol. The normalized spacial score (nSPS) is 25.4. The van der Waals surface area contributed by atoms with Crippen LogP contribution in [0, 0.1) is 0 Å². The van der Waals surface area contributed by atoms with Gasteiger partial charge in [0.2, 0.25) is 0 Å². The van der Waals surface area contributed by atoms with E-state index in [2.05, 4.69) is 35.8 Å². The highest BCUT2D eigenvalue weighted by atomic mass is 16.5. The lowest BCUT2D eigenvalue weighted by Gasteiger charge is -2.35. The van der Waals surface area contributed by atoms with Crippen LogP contribution in [0.5, 0.6) is 0 Å². The molecular weight excluding hydrogens is 224 g/mol. The second-order valence-electron chi connectivity index (χ2n) is 5.29. The number of anilines is 1. The zero-order chi connectivity index (χ0) is 12.4. The van der Waals surface area contributed by atoms with Crippen LogP contribution < -0.4 is 10.6 Å². The van der Waals surface area contributed by atoms with E-state index in [-0.39, 0.29) is 0 Å². The molecule has 1 saturated carbocycles. The topological polar surface area (TPSA) is 33.3 Å². The number of hydrogen-bond donors (Lipinski definition) is 2. The average Bonchev–Trinajstić information content (AvgIpc) is 2.79. The molecule has 1 fully saturated rings. The van der Waals surface area contributed by atoms with E-state index >= 15 is 0 Å². The van der Waals surface area contributed by atoms with Gasteiger partial charge in [0.25, 0.3) is 0 Å². The van der Waals surface area contributed by atoms with Crippen molar-refractivity contribution in [2.75, 3.05) is 18.5 Å². The van der Waals surface area contributed by atoms with Crippen molar-refractivity contribution >= 4 is 5.69 Å². The van der Waals surface area contributed by atoms with E-state index < -0.39 is 0 Å². The fourth-order valence-electron chi connectivity index (χ4n) is 2.81. The van der Waals surface area contributed by atoms with Crippen LogP contribution in [0.2, 0.25) is 0 Å². The van der Waals surface area contributed by atoms with Gasteiger partial charge in [-0.15, -0.1) is 0 Å². The summed E-state index contributed by atoms with van der Waals surface area (Å²) in [5, 5.41) is 7.04. The highest BCUT2D eigenvalue weighted by Crippen LogP contribution is 2.25. The first kappa shape index (κ1) is 12.0. The fourth-order valence-corrected chi connectivity index (χ4v) is 2.81. The van der Waals surface area contributed by atoms with E-state index in [4.69, 9.17) is 4.74 Å². The van der Waals surface area contributed by atoms with E-state index in [0.29, 0.717) is 12.1 Å². The number of ether oxygens (including phenoxy) is 1. The molecule has 2 N–H and O–H groups in total. The SMILES string of the molecule is CCOC1CC(NCc2ccc3c(c2)NCC3)C1. The number of nitrogens with one attached hydrogen (secondary N) is 2. The molecule has 0 amide bonds. The molecule has 1 heterocycles. The Morgan fingerprint density at radius 3 is 3.11 bits per heavy atom. The molecule has 0 bridgehead atoms. The Morgan fingerprint density at radius 1 is 1.39 bits per heavy atom. The van der Waals surface area contributed by atoms with Crippen LogP contribution in [0.4, 0.5) is 5.69 Å². The van der Waals surface area contributed by atoms with Crippen LogP contribution >= 0.6 is 0 Å². The van der Waals surface area contributed by atoms with Crippen molar-refractivity contribution < 1.29 is 4.74 Å². The van der Waals surface area contributed by atoms with Gasteiger partial charge < -0.3 is 15.4 Å². The van der Waals surface area contributed by atoms with Crippen LogP contribution in [-0.4, -0.2) is 25.3 Å². The molecule has 0 radical (unpaired) electrons. The van der Waals surface area contributed by atoms with E-state index in [1.807, 2.05) is 0 Å². The first-order valence-electron chi connectivity index (χ1n) is 7.06. The molecule has 1 aliphatic carbocycles. The lowest BCUT2D eigenvalue weighted by Crippen LogP contribution is -2.45. The summed E-state index contributed by atoms with van der Waals surface area (Å²) in [5.74, 6) is 0. The van der Waals surface area contributed by atoms with Gasteiger partial charge in [-0.1, -0.05) is 12.1 Å². The maximum Gasteiger partial charge on any atom is 0.0604 e. The van der Waals surface area contributed by atoms with Crippen molar-refractivity contribution in [3.05, 3.63) is 29.3 Å². The van der Waals surface area contributed by atoms with Gasteiger partial charge in [0, 0.05) is 31.4 Å². The second kappa shape index (κ2) is 5.29. The molecule has 0 atom stereocenters. The fraction of sp³-hybridized carbons (Fsp3) is 0.600. The molecule has 3 heteroatoms. The summed E-state index contributed by atoms with van der Waals surface area (Å²) in [7, 11) is 0. The van der Waals surface area contributed by atoms with Crippen molar-refractivity contribution in [1.82, 2.24) is 5.32 Å². The van der Waals surface area contributed by atoms with Gasteiger partial charge in [0.1, 0.15) is 0 Å². The Hall–Kier alpha value is -1.06. The van der Waals surface area contributed by atoms with E-state index in [9.17, 15) is 0 Å². The summed E-state index contributed by atoms with van der Waals surface area (Å²) in [6.07, 6.45) is 3.99. The number of hydrogen-bond acceptors (Lipinski definition) is 3. The molecule has 0 unspecified atom stereocenters. The monoisotopic (exact) mass is 246 g/mol. The van der Waals surface area contributed by atoms with Gasteiger partial charge in [-0.25, -0.2) is 0 Å². The third kappa shape index (κ3) is 2.52. The summed E-state index contributed by atoms with van der Waals surface area (Å²) in [4.78, 5) is 0. The molecule has 3 nitrogen and oxygen atoms in total. The molecule has 0 spiro atoms. The molecule has 3 rings (SSSR count). The Bertz CT molecular complexity index is 413. The molecule has 18 heavy (non-hydrogen) atoms. The first-order chi connectivity index (χ1) is 8.85. The van der Waals surface area contributed by atoms with Gasteiger partial charge in [-0.3, -0.25) is 0 Å². The third-order valence-electron chi connectivity index (χ3n) is 3.98. The van der Waals surface area contributed by atoms with E-state index in [1.54, 1.807) is 0 Å². The third-order valence-corrected chi connectivity index (χ3v) is 3.98. The van der Waals surface area contributed by atoms with E-state index in [1.165, 1.54) is 23.2 Å². The number of rotatable bonds is 5. The van der Waals surface area contributed by atoms with Gasteiger partial charge in [-0.2, -0.15) is 0 Å². The summed E-state index contributed by atoms with van der Waals surface area (Å²) >= 11 is 0. The zero-order valence-corrected chi connectivity index (χ0v) is 11.0. The molecule has 98 valence electrons. The molecule has 1 aromatic carbocycles. The first-order valence-corrected chi connectivity index (χ1v) is 7.06. The Morgan fingerprint density at radius 2 is 2.28 bits per heavy atom. The van der Waals surface area contributed by atoms with Gasteiger partial charge in [0.15, 0.2) is 0 Å². The van der Waals surface area contributed by atoms with Gasteiger partial charge >= 0.3 is 0 Å². The largest absolute Gasteiger partial charge is 0.384 e. The molecular formula is C15H22N2O. The molecule has 1 aliphatic heterocycles. The summed E-state index contributed by atoms with van der Waals surface area (Å²) in [6.45, 7) is 4.97. The molecule has 1 aromatic rings. The molecule has 0 saturated heterocycles. The standard InChI is InChI=1S/C15H22N2O/c1-2-18-14-8-13(9-14)17-10-11-3-4-12-5-6-16-15(12)7-11/h3-4,7,13-14,16-17H,2,5-6,8-10H2,1H3. The minimum Gasteiger partial charge on any atom is -0.384 e. The lowest BCUT2D eigenvalue weighted by molar-refractivity contribution is -0.0102. The second-order valence-corrected chi connectivity index (χ2v) is 5.29. The van der Waals surface area contributed by atoms with E-state index in [0.717, 1.165) is 32.5 Å². The Kier molecular flexibility index (Phi) is 3.52. The van der Waals surface area contributed by atoms with Crippen LogP contribution in [-0.2, 0) is 17.7 Å². The summed E-state index contributed by atoms with van der Waals surface area (Å²) < 4.78 is 5.57. The van der Waals surface area contributed by atoms with Crippen molar-refractivity contribution in [3.63, 3.8) is 0 Å². The maximum atomic E-state index is 5.57. The minimum absolute atomic E-state index is 0.495. The van der Waals surface area contributed by atoms with Crippen LogP contribution in [0.1, 0.15) is 30.9 Å². The Balaban J connectivity index is 1.47. The predicted octanol–water partition coefficient (Wildman–Crippen LogP) is 2.31. The van der Waals surface area contributed by atoms with Crippen LogP contribution in [0.25, 0.3) is 0 Å². The van der Waals surface area contributed by atoms with Crippen molar-refractivity contribution in [3.8, 4) is 0 Å². The molecule has 0 aromatic heterocycles. The number of fused-ring (bicyclic) bond motifs is 1. The quantitative estimate of drug-likeness (QED) is 0.836. The van der Waals surface area contributed by atoms with Crippen molar-refractivity contribution in [2.24, 2.45) is 0 Å². The van der Waals surface area contributed by atoms with Crippen molar-refractivity contribution in [1.29, 1.82) is 0 Å². The van der Waals surface area contributed by atoms with Gasteiger partial charge in [0.05, 0.1) is 6.10 Å². The summed E-state index contributed by atoms with van der Waals surface area (Å²) in [6, 6.07) is 7.43. The summed E-state index contributed by atoms with van der Waals surface area (Å²) in [5.41, 5.74) is 4.16. The Labute approximate surface area is 109 Å². The predicted molar refractivity (Wildman–Crippen MR) is 73.9 cm³/mol. The maximum absolute atomic E-state index is 5.57.